The Morgan fingerprint density at radius 2 is 2.30 bits per heavy atom. The van der Waals surface area contributed by atoms with Crippen LogP contribution in [-0.2, 0) is 0 Å². The van der Waals surface area contributed by atoms with Crippen molar-refractivity contribution >= 4 is 23.1 Å². The van der Waals surface area contributed by atoms with E-state index in [1.807, 2.05) is 5.38 Å². The average Bonchev–Trinajstić information content (AvgIpc) is 2.59. The van der Waals surface area contributed by atoms with Crippen LogP contribution in [0.2, 0.25) is 0 Å². The van der Waals surface area contributed by atoms with Crippen LogP contribution in [0.15, 0.2) is 10.9 Å². The van der Waals surface area contributed by atoms with Crippen LogP contribution in [0.4, 0.5) is 0 Å². The summed E-state index contributed by atoms with van der Waals surface area (Å²) in [4.78, 5) is 3.97. The minimum atomic E-state index is 0.666. The van der Waals surface area contributed by atoms with Crippen molar-refractivity contribution in [1.29, 1.82) is 0 Å². The molecule has 0 N–H and O–H groups in total. The van der Waals surface area contributed by atoms with Gasteiger partial charge in [0, 0.05) is 5.38 Å². The summed E-state index contributed by atoms with van der Waals surface area (Å²) in [5, 5.41) is 5.63. The Hall–Kier alpha value is -0.880. The summed E-state index contributed by atoms with van der Waals surface area (Å²) in [6.07, 6.45) is 0. The standard InChI is InChI=1S/C4H2N4S2/c1-3(6-8-9-1)4-5-2-10-7-4/h1-2H. The normalized spacial score (nSPS) is 10.0. The highest BCUT2D eigenvalue weighted by atomic mass is 32.1. The number of rotatable bonds is 1. The van der Waals surface area contributed by atoms with Gasteiger partial charge >= 0.3 is 0 Å². The number of nitrogens with zero attached hydrogens (tertiary/aromatic N) is 4. The molecule has 0 fully saturated rings. The zero-order chi connectivity index (χ0) is 6.81. The summed E-state index contributed by atoms with van der Waals surface area (Å²) in [7, 11) is 0. The van der Waals surface area contributed by atoms with E-state index in [1.54, 1.807) is 5.51 Å². The van der Waals surface area contributed by atoms with Crippen LogP contribution < -0.4 is 0 Å². The summed E-state index contributed by atoms with van der Waals surface area (Å²) in [6, 6.07) is 0. The van der Waals surface area contributed by atoms with Gasteiger partial charge in [-0.25, -0.2) is 4.98 Å². The Bertz CT molecular complexity index is 255. The Morgan fingerprint density at radius 1 is 1.30 bits per heavy atom. The van der Waals surface area contributed by atoms with Crippen LogP contribution in [0, 0.1) is 0 Å². The second-order valence-corrected chi connectivity index (χ2v) is 2.76. The third kappa shape index (κ3) is 0.910. The molecule has 0 aliphatic carbocycles. The van der Waals surface area contributed by atoms with Gasteiger partial charge in [-0.1, -0.05) is 4.49 Å². The highest BCUT2D eigenvalue weighted by Gasteiger charge is 2.02. The van der Waals surface area contributed by atoms with Crippen molar-refractivity contribution < 1.29 is 0 Å². The first kappa shape index (κ1) is 5.87. The Kier molecular flexibility index (Phi) is 1.40. The van der Waals surface area contributed by atoms with Crippen LogP contribution in [0.5, 0.6) is 0 Å². The molecule has 10 heavy (non-hydrogen) atoms. The van der Waals surface area contributed by atoms with Crippen molar-refractivity contribution in [3.05, 3.63) is 10.9 Å². The third-order valence-corrected chi connectivity index (χ3v) is 1.93. The van der Waals surface area contributed by atoms with E-state index >= 15 is 0 Å². The fraction of sp³-hybridized carbons (Fsp3) is 0. The predicted molar refractivity (Wildman–Crippen MR) is 38.8 cm³/mol. The lowest BCUT2D eigenvalue weighted by atomic mass is 10.5. The molecular weight excluding hydrogens is 168 g/mol. The molecule has 2 heterocycles. The number of hydrogen-bond donors (Lipinski definition) is 0. The van der Waals surface area contributed by atoms with E-state index in [4.69, 9.17) is 0 Å². The molecule has 0 radical (unpaired) electrons. The topological polar surface area (TPSA) is 51.6 Å². The average molecular weight is 170 g/mol. The van der Waals surface area contributed by atoms with Crippen LogP contribution in [0.3, 0.4) is 0 Å². The summed E-state index contributed by atoms with van der Waals surface area (Å²) in [6.45, 7) is 0. The Balaban J connectivity index is 2.48. The van der Waals surface area contributed by atoms with E-state index in [2.05, 4.69) is 18.9 Å². The van der Waals surface area contributed by atoms with Gasteiger partial charge in [0.1, 0.15) is 11.2 Å². The number of aromatic nitrogens is 4. The molecule has 4 nitrogen and oxygen atoms in total. The van der Waals surface area contributed by atoms with Gasteiger partial charge < -0.3 is 0 Å². The molecule has 2 aromatic rings. The molecule has 0 spiro atoms. The van der Waals surface area contributed by atoms with E-state index in [1.165, 1.54) is 23.1 Å². The first-order valence-electron chi connectivity index (χ1n) is 2.50. The maximum atomic E-state index is 3.99. The summed E-state index contributed by atoms with van der Waals surface area (Å²) in [5.74, 6) is 0.666. The molecule has 0 unspecified atom stereocenters. The molecule has 2 rings (SSSR count). The molecule has 0 saturated carbocycles. The summed E-state index contributed by atoms with van der Waals surface area (Å²) >= 11 is 2.61. The fourth-order valence-corrected chi connectivity index (χ4v) is 1.41. The first-order valence-corrected chi connectivity index (χ1v) is 4.18. The molecule has 0 aromatic carbocycles. The molecule has 6 heteroatoms. The van der Waals surface area contributed by atoms with Crippen molar-refractivity contribution in [2.24, 2.45) is 0 Å². The van der Waals surface area contributed by atoms with E-state index in [9.17, 15) is 0 Å². The molecule has 0 atom stereocenters. The molecule has 0 amide bonds. The van der Waals surface area contributed by atoms with E-state index in [-0.39, 0.29) is 0 Å². The third-order valence-electron chi connectivity index (χ3n) is 0.950. The minimum absolute atomic E-state index is 0.666. The molecule has 0 aliphatic heterocycles. The lowest BCUT2D eigenvalue weighted by Gasteiger charge is -1.78. The molecular formula is C4H2N4S2. The van der Waals surface area contributed by atoms with Gasteiger partial charge in [0.2, 0.25) is 0 Å². The van der Waals surface area contributed by atoms with Crippen LogP contribution in [0.25, 0.3) is 11.5 Å². The predicted octanol–water partition coefficient (Wildman–Crippen LogP) is 1.06. The van der Waals surface area contributed by atoms with Gasteiger partial charge in [-0.15, -0.1) is 5.10 Å². The summed E-state index contributed by atoms with van der Waals surface area (Å²) in [5.41, 5.74) is 2.43. The lowest BCUT2D eigenvalue weighted by Crippen LogP contribution is -1.78. The summed E-state index contributed by atoms with van der Waals surface area (Å²) < 4.78 is 7.69. The van der Waals surface area contributed by atoms with Gasteiger partial charge in [-0.05, 0) is 23.1 Å². The maximum absolute atomic E-state index is 3.99. The van der Waals surface area contributed by atoms with E-state index < -0.39 is 0 Å². The zero-order valence-electron chi connectivity index (χ0n) is 4.76. The van der Waals surface area contributed by atoms with E-state index in [0.29, 0.717) is 5.82 Å². The lowest BCUT2D eigenvalue weighted by molar-refractivity contribution is 1.13. The van der Waals surface area contributed by atoms with Crippen molar-refractivity contribution in [2.75, 3.05) is 0 Å². The minimum Gasteiger partial charge on any atom is -0.222 e. The highest BCUT2D eigenvalue weighted by Crippen LogP contribution is 2.12. The fourth-order valence-electron chi connectivity index (χ4n) is 0.545. The molecule has 0 saturated heterocycles. The van der Waals surface area contributed by atoms with Gasteiger partial charge in [0.25, 0.3) is 0 Å². The monoisotopic (exact) mass is 170 g/mol. The largest absolute Gasteiger partial charge is 0.222 e. The first-order chi connectivity index (χ1) is 4.97. The van der Waals surface area contributed by atoms with Crippen LogP contribution in [0.1, 0.15) is 0 Å². The Labute approximate surface area is 64.9 Å². The van der Waals surface area contributed by atoms with Gasteiger partial charge in [-0.3, -0.25) is 0 Å². The highest BCUT2D eigenvalue weighted by molar-refractivity contribution is 7.04. The molecule has 0 aliphatic rings. The van der Waals surface area contributed by atoms with Crippen molar-refractivity contribution in [1.82, 2.24) is 18.9 Å². The number of hydrogen-bond acceptors (Lipinski definition) is 6. The Morgan fingerprint density at radius 3 is 2.90 bits per heavy atom. The second kappa shape index (κ2) is 2.39. The van der Waals surface area contributed by atoms with Gasteiger partial charge in [0.05, 0.1) is 0 Å². The van der Waals surface area contributed by atoms with Crippen molar-refractivity contribution in [3.8, 4) is 11.5 Å². The molecule has 0 bridgehead atoms. The second-order valence-electron chi connectivity index (χ2n) is 1.54. The zero-order valence-corrected chi connectivity index (χ0v) is 6.39. The maximum Gasteiger partial charge on any atom is 0.194 e. The van der Waals surface area contributed by atoms with Crippen LogP contribution in [-0.4, -0.2) is 18.9 Å². The smallest absolute Gasteiger partial charge is 0.194 e. The molecule has 2 aromatic heterocycles. The van der Waals surface area contributed by atoms with Gasteiger partial charge in [0.15, 0.2) is 5.82 Å². The quantitative estimate of drug-likeness (QED) is 0.642. The van der Waals surface area contributed by atoms with Crippen LogP contribution >= 0.6 is 23.1 Å². The van der Waals surface area contributed by atoms with Gasteiger partial charge in [-0.2, -0.15) is 4.37 Å². The van der Waals surface area contributed by atoms with Crippen molar-refractivity contribution in [2.45, 2.75) is 0 Å². The van der Waals surface area contributed by atoms with Crippen molar-refractivity contribution in [3.63, 3.8) is 0 Å². The molecule has 50 valence electrons. The van der Waals surface area contributed by atoms with E-state index in [0.717, 1.165) is 5.69 Å². The SMILES string of the molecule is c1nc(-c2csnn2)ns1.